The average molecular weight is 380 g/mol. The Hall–Kier alpha value is -3.28. The molecule has 0 aliphatic carbocycles. The van der Waals surface area contributed by atoms with Gasteiger partial charge in [0.25, 0.3) is 5.91 Å². The van der Waals surface area contributed by atoms with Gasteiger partial charge in [-0.25, -0.2) is 4.39 Å². The lowest BCUT2D eigenvalue weighted by Gasteiger charge is -2.09. The number of benzene rings is 2. The first-order chi connectivity index (χ1) is 13.5. The minimum absolute atomic E-state index is 0.306. The van der Waals surface area contributed by atoms with Gasteiger partial charge in [0.05, 0.1) is 5.69 Å². The van der Waals surface area contributed by atoms with Crippen LogP contribution in [-0.2, 0) is 6.42 Å². The molecular weight excluding hydrogens is 355 g/mol. The first-order valence-electron chi connectivity index (χ1n) is 9.31. The number of fused-ring (bicyclic) bond motifs is 1. The molecule has 1 amide bonds. The first-order valence-corrected chi connectivity index (χ1v) is 9.31. The number of nitrogens with two attached hydrogens (primary N) is 2. The van der Waals surface area contributed by atoms with Gasteiger partial charge in [0.2, 0.25) is 0 Å². The Kier molecular flexibility index (Phi) is 7.21. The molecule has 1 aromatic heterocycles. The van der Waals surface area contributed by atoms with E-state index >= 15 is 0 Å². The van der Waals surface area contributed by atoms with Gasteiger partial charge in [-0.3, -0.25) is 9.78 Å². The minimum atomic E-state index is -0.555. The molecule has 0 fully saturated rings. The number of aromatic nitrogens is 1. The normalized spacial score (nSPS) is 10.1. The maximum Gasteiger partial charge on any atom is 0.280 e. The topological polar surface area (TPSA) is 94.4 Å². The number of aryl methyl sites for hydroxylation is 1. The highest BCUT2D eigenvalue weighted by Crippen LogP contribution is 2.30. The number of amides is 1. The van der Waals surface area contributed by atoms with Gasteiger partial charge in [0.1, 0.15) is 5.82 Å². The molecule has 0 bridgehead atoms. The molecule has 0 saturated heterocycles. The molecule has 146 valence electrons. The van der Waals surface area contributed by atoms with Crippen LogP contribution in [0.25, 0.3) is 22.0 Å². The Balaban J connectivity index is 0.00000136. The van der Waals surface area contributed by atoms with E-state index in [1.807, 2.05) is 26.8 Å². The van der Waals surface area contributed by atoms with Gasteiger partial charge < -0.3 is 11.5 Å². The van der Waals surface area contributed by atoms with E-state index in [0.29, 0.717) is 22.2 Å². The van der Waals surface area contributed by atoms with Crippen molar-refractivity contribution in [3.05, 3.63) is 65.6 Å². The second-order valence-electron chi connectivity index (χ2n) is 6.00. The van der Waals surface area contributed by atoms with Gasteiger partial charge in [-0.05, 0) is 47.7 Å². The quantitative estimate of drug-likeness (QED) is 0.517. The zero-order valence-electron chi connectivity index (χ0n) is 16.4. The summed E-state index contributed by atoms with van der Waals surface area (Å²) < 4.78 is 14.7. The molecule has 0 aliphatic rings. The zero-order chi connectivity index (χ0) is 20.7. The molecule has 4 N–H and O–H groups in total. The van der Waals surface area contributed by atoms with Gasteiger partial charge in [-0.15, -0.1) is 0 Å². The number of pyridine rings is 1. The summed E-state index contributed by atoms with van der Waals surface area (Å²) in [4.78, 5) is 20.0. The fraction of sp³-hybridized carbons (Fsp3) is 0.227. The van der Waals surface area contributed by atoms with Crippen molar-refractivity contribution < 1.29 is 9.18 Å². The second-order valence-corrected chi connectivity index (χ2v) is 6.00. The molecule has 0 atom stereocenters. The highest BCUT2D eigenvalue weighted by molar-refractivity contribution is 6.05. The largest absolute Gasteiger partial charge is 0.370 e. The molecule has 0 aliphatic heterocycles. The van der Waals surface area contributed by atoms with E-state index in [2.05, 4.69) is 9.98 Å². The van der Waals surface area contributed by atoms with Crippen molar-refractivity contribution >= 4 is 22.6 Å². The van der Waals surface area contributed by atoms with Crippen molar-refractivity contribution in [2.24, 2.45) is 16.5 Å². The third-order valence-electron chi connectivity index (χ3n) is 4.07. The predicted molar refractivity (Wildman–Crippen MR) is 113 cm³/mol. The zero-order valence-corrected chi connectivity index (χ0v) is 16.4. The number of aliphatic imine (C=N–C) groups is 1. The SMILES string of the molecule is CC.CCCc1ccc(-c2nccc3ccc(C(=O)N=C(N)N)cc23)c(F)c1. The van der Waals surface area contributed by atoms with E-state index in [1.54, 1.807) is 36.5 Å². The smallest absolute Gasteiger partial charge is 0.280 e. The maximum absolute atomic E-state index is 14.7. The number of rotatable bonds is 4. The van der Waals surface area contributed by atoms with Gasteiger partial charge in [0, 0.05) is 22.7 Å². The van der Waals surface area contributed by atoms with E-state index < -0.39 is 5.91 Å². The van der Waals surface area contributed by atoms with Crippen LogP contribution in [0, 0.1) is 5.82 Å². The van der Waals surface area contributed by atoms with E-state index in [0.717, 1.165) is 23.8 Å². The molecule has 1 heterocycles. The van der Waals surface area contributed by atoms with Crippen LogP contribution in [0.3, 0.4) is 0 Å². The Morgan fingerprint density at radius 2 is 1.86 bits per heavy atom. The van der Waals surface area contributed by atoms with Gasteiger partial charge in [-0.1, -0.05) is 39.3 Å². The molecule has 6 heteroatoms. The third kappa shape index (κ3) is 4.71. The summed E-state index contributed by atoms with van der Waals surface area (Å²) >= 11 is 0. The molecule has 28 heavy (non-hydrogen) atoms. The predicted octanol–water partition coefficient (Wildman–Crippen LogP) is 4.43. The Bertz CT molecular complexity index is 1010. The van der Waals surface area contributed by atoms with Crippen LogP contribution in [0.4, 0.5) is 4.39 Å². The summed E-state index contributed by atoms with van der Waals surface area (Å²) in [6.07, 6.45) is 3.38. The number of halogens is 1. The average Bonchev–Trinajstić information content (AvgIpc) is 2.69. The molecule has 0 saturated carbocycles. The van der Waals surface area contributed by atoms with Gasteiger partial charge >= 0.3 is 0 Å². The van der Waals surface area contributed by atoms with E-state index in [1.165, 1.54) is 6.07 Å². The number of carbonyl (C=O) groups is 1. The third-order valence-corrected chi connectivity index (χ3v) is 4.07. The molecule has 3 rings (SSSR count). The number of guanidine groups is 1. The van der Waals surface area contributed by atoms with E-state index in [9.17, 15) is 9.18 Å². The first kappa shape index (κ1) is 21.0. The molecular formula is C22H25FN4O. The van der Waals surface area contributed by atoms with Crippen molar-refractivity contribution in [3.63, 3.8) is 0 Å². The van der Waals surface area contributed by atoms with Crippen LogP contribution in [0.15, 0.2) is 53.7 Å². The Morgan fingerprint density at radius 1 is 1.11 bits per heavy atom. The summed E-state index contributed by atoms with van der Waals surface area (Å²) in [7, 11) is 0. The molecule has 0 spiro atoms. The van der Waals surface area contributed by atoms with E-state index in [-0.39, 0.29) is 11.8 Å². The van der Waals surface area contributed by atoms with Crippen LogP contribution in [0.1, 0.15) is 43.1 Å². The standard InChI is InChI=1S/C20H19FN4O.C2H6/c1-2-3-12-4-7-15(17(21)10-12)18-16-11-14(19(26)25-20(22)23)6-5-13(16)8-9-24-18;1-2/h4-11H,2-3H2,1H3,(H4,22,23,25,26);1-2H3. The fourth-order valence-electron chi connectivity index (χ4n) is 2.89. The summed E-state index contributed by atoms with van der Waals surface area (Å²) in [6.45, 7) is 6.05. The number of hydrogen-bond donors (Lipinski definition) is 2. The molecule has 0 radical (unpaired) electrons. The maximum atomic E-state index is 14.7. The monoisotopic (exact) mass is 380 g/mol. The summed E-state index contributed by atoms with van der Waals surface area (Å²) in [5, 5.41) is 1.50. The van der Waals surface area contributed by atoms with Crippen molar-refractivity contribution in [3.8, 4) is 11.3 Å². The molecule has 5 nitrogen and oxygen atoms in total. The van der Waals surface area contributed by atoms with Crippen molar-refractivity contribution in [1.82, 2.24) is 4.98 Å². The van der Waals surface area contributed by atoms with Gasteiger partial charge in [-0.2, -0.15) is 4.99 Å². The van der Waals surface area contributed by atoms with Crippen LogP contribution < -0.4 is 11.5 Å². The molecule has 3 aromatic rings. The van der Waals surface area contributed by atoms with Crippen molar-refractivity contribution in [2.45, 2.75) is 33.6 Å². The molecule has 2 aromatic carbocycles. The lowest BCUT2D eigenvalue weighted by Crippen LogP contribution is -2.24. The minimum Gasteiger partial charge on any atom is -0.370 e. The van der Waals surface area contributed by atoms with Crippen LogP contribution >= 0.6 is 0 Å². The van der Waals surface area contributed by atoms with Gasteiger partial charge in [0.15, 0.2) is 5.96 Å². The lowest BCUT2D eigenvalue weighted by molar-refractivity contribution is 0.100. The highest BCUT2D eigenvalue weighted by atomic mass is 19.1. The number of carbonyl (C=O) groups excluding carboxylic acids is 1. The highest BCUT2D eigenvalue weighted by Gasteiger charge is 2.13. The van der Waals surface area contributed by atoms with E-state index in [4.69, 9.17) is 11.5 Å². The summed E-state index contributed by atoms with van der Waals surface area (Å²) in [6, 6.07) is 12.0. The lowest BCUT2D eigenvalue weighted by atomic mass is 9.99. The Labute approximate surface area is 164 Å². The summed E-state index contributed by atoms with van der Waals surface area (Å²) in [5.74, 6) is -1.20. The van der Waals surface area contributed by atoms with Crippen LogP contribution in [0.2, 0.25) is 0 Å². The number of nitrogens with zero attached hydrogens (tertiary/aromatic N) is 2. The fourth-order valence-corrected chi connectivity index (χ4v) is 2.89. The van der Waals surface area contributed by atoms with Crippen molar-refractivity contribution in [2.75, 3.05) is 0 Å². The second kappa shape index (κ2) is 9.60. The molecule has 0 unspecified atom stereocenters. The number of hydrogen-bond acceptors (Lipinski definition) is 2. The van der Waals surface area contributed by atoms with Crippen molar-refractivity contribution in [1.29, 1.82) is 0 Å². The Morgan fingerprint density at radius 3 is 2.50 bits per heavy atom. The summed E-state index contributed by atoms with van der Waals surface area (Å²) in [5.41, 5.74) is 12.7. The van der Waals surface area contributed by atoms with Crippen LogP contribution in [0.5, 0.6) is 0 Å². The van der Waals surface area contributed by atoms with Crippen LogP contribution in [-0.4, -0.2) is 16.9 Å².